The second-order valence-electron chi connectivity index (χ2n) is 3.57. The first-order valence-corrected chi connectivity index (χ1v) is 5.23. The number of nitrogens with zero attached hydrogens (tertiary/aromatic N) is 1. The molecule has 1 aromatic rings. The molecular formula is C12H12N2O3. The normalized spacial score (nSPS) is 15.1. The molecule has 0 atom stereocenters. The number of nitrogens with one attached hydrogen (secondary N) is 1. The molecule has 5 nitrogen and oxygen atoms in total. The minimum atomic E-state index is -0.409. The average molecular weight is 232 g/mol. The van der Waals surface area contributed by atoms with Gasteiger partial charge in [-0.15, -0.1) is 0 Å². The number of para-hydroxylation sites is 1. The maximum Gasteiger partial charge on any atom is 0.277 e. The summed E-state index contributed by atoms with van der Waals surface area (Å²) in [6.45, 7) is -0.210. The first-order valence-electron chi connectivity index (χ1n) is 5.23. The van der Waals surface area contributed by atoms with Crippen molar-refractivity contribution in [2.45, 2.75) is 0 Å². The average Bonchev–Trinajstić information content (AvgIpc) is 2.59. The van der Waals surface area contributed by atoms with Crippen LogP contribution in [0.1, 0.15) is 0 Å². The molecule has 0 bridgehead atoms. The summed E-state index contributed by atoms with van der Waals surface area (Å²) >= 11 is 0. The molecule has 2 rings (SSSR count). The maximum atomic E-state index is 11.8. The van der Waals surface area contributed by atoms with Gasteiger partial charge in [0.15, 0.2) is 0 Å². The number of imide groups is 1. The molecule has 2 amide bonds. The standard InChI is InChI=1S/C12H12N2O3/c15-7-6-14-11(16)8-10(12(14)17)13-9-4-2-1-3-5-9/h1-5,8,13,15H,6-7H2. The Morgan fingerprint density at radius 1 is 1.18 bits per heavy atom. The van der Waals surface area contributed by atoms with E-state index in [0.717, 1.165) is 10.6 Å². The van der Waals surface area contributed by atoms with Crippen LogP contribution in [0.5, 0.6) is 0 Å². The maximum absolute atomic E-state index is 11.8. The van der Waals surface area contributed by atoms with Gasteiger partial charge in [0.1, 0.15) is 5.70 Å². The van der Waals surface area contributed by atoms with E-state index in [4.69, 9.17) is 5.11 Å². The zero-order valence-corrected chi connectivity index (χ0v) is 9.09. The molecule has 0 spiro atoms. The summed E-state index contributed by atoms with van der Waals surface area (Å²) in [5.74, 6) is -0.810. The minimum absolute atomic E-state index is 0.0220. The largest absolute Gasteiger partial charge is 0.395 e. The van der Waals surface area contributed by atoms with Gasteiger partial charge in [-0.3, -0.25) is 14.5 Å². The monoisotopic (exact) mass is 232 g/mol. The Morgan fingerprint density at radius 2 is 1.88 bits per heavy atom. The van der Waals surface area contributed by atoms with Gasteiger partial charge in [0.2, 0.25) is 0 Å². The quantitative estimate of drug-likeness (QED) is 0.735. The summed E-state index contributed by atoms with van der Waals surface area (Å²) in [6, 6.07) is 9.12. The second-order valence-corrected chi connectivity index (χ2v) is 3.57. The molecule has 1 aliphatic heterocycles. The molecule has 0 aromatic heterocycles. The van der Waals surface area contributed by atoms with Crippen LogP contribution in [-0.4, -0.2) is 35.0 Å². The van der Waals surface area contributed by atoms with Crippen LogP contribution in [0.4, 0.5) is 5.69 Å². The van der Waals surface area contributed by atoms with E-state index in [-0.39, 0.29) is 18.8 Å². The first-order chi connectivity index (χ1) is 8.22. The molecule has 0 saturated carbocycles. The fourth-order valence-electron chi connectivity index (χ4n) is 1.59. The van der Waals surface area contributed by atoms with E-state index in [1.54, 1.807) is 12.1 Å². The lowest BCUT2D eigenvalue weighted by molar-refractivity contribution is -0.137. The molecule has 17 heavy (non-hydrogen) atoms. The predicted molar refractivity (Wildman–Crippen MR) is 62.0 cm³/mol. The second kappa shape index (κ2) is 4.80. The topological polar surface area (TPSA) is 69.6 Å². The molecule has 2 N–H and O–H groups in total. The zero-order chi connectivity index (χ0) is 12.3. The third kappa shape index (κ3) is 2.34. The molecule has 88 valence electrons. The van der Waals surface area contributed by atoms with Crippen LogP contribution in [-0.2, 0) is 9.59 Å². The van der Waals surface area contributed by atoms with E-state index < -0.39 is 11.8 Å². The fourth-order valence-corrected chi connectivity index (χ4v) is 1.59. The highest BCUT2D eigenvalue weighted by Crippen LogP contribution is 2.16. The zero-order valence-electron chi connectivity index (χ0n) is 9.09. The number of aliphatic hydroxyl groups excluding tert-OH is 1. The summed E-state index contributed by atoms with van der Waals surface area (Å²) < 4.78 is 0. The van der Waals surface area contributed by atoms with Gasteiger partial charge in [-0.2, -0.15) is 0 Å². The molecule has 1 aliphatic rings. The molecule has 0 fully saturated rings. The Balaban J connectivity index is 2.11. The van der Waals surface area contributed by atoms with Gasteiger partial charge in [-0.25, -0.2) is 0 Å². The Labute approximate surface area is 98.4 Å². The van der Waals surface area contributed by atoms with E-state index in [1.807, 2.05) is 18.2 Å². The molecule has 0 aliphatic carbocycles. The van der Waals surface area contributed by atoms with Crippen LogP contribution in [0.25, 0.3) is 0 Å². The summed E-state index contributed by atoms with van der Waals surface area (Å²) in [7, 11) is 0. The highest BCUT2D eigenvalue weighted by Gasteiger charge is 2.30. The van der Waals surface area contributed by atoms with Crippen molar-refractivity contribution in [3.05, 3.63) is 42.1 Å². The summed E-state index contributed by atoms with van der Waals surface area (Å²) in [4.78, 5) is 24.2. The summed E-state index contributed by atoms with van der Waals surface area (Å²) in [5.41, 5.74) is 0.973. The lowest BCUT2D eigenvalue weighted by Gasteiger charge is -2.13. The van der Waals surface area contributed by atoms with E-state index >= 15 is 0 Å². The Morgan fingerprint density at radius 3 is 2.53 bits per heavy atom. The van der Waals surface area contributed by atoms with Crippen molar-refractivity contribution in [1.82, 2.24) is 4.90 Å². The first kappa shape index (κ1) is 11.3. The van der Waals surface area contributed by atoms with Crippen LogP contribution in [0.3, 0.4) is 0 Å². The van der Waals surface area contributed by atoms with Crippen LogP contribution >= 0.6 is 0 Å². The van der Waals surface area contributed by atoms with Crippen LogP contribution in [0.2, 0.25) is 0 Å². The Kier molecular flexibility index (Phi) is 3.20. The van der Waals surface area contributed by atoms with Crippen molar-refractivity contribution >= 4 is 17.5 Å². The van der Waals surface area contributed by atoms with Crippen molar-refractivity contribution in [3.8, 4) is 0 Å². The fraction of sp³-hybridized carbons (Fsp3) is 0.167. The van der Waals surface area contributed by atoms with Gasteiger partial charge in [0.05, 0.1) is 13.2 Å². The van der Waals surface area contributed by atoms with Gasteiger partial charge in [-0.05, 0) is 12.1 Å². The summed E-state index contributed by atoms with van der Waals surface area (Å²) in [6.07, 6.45) is 1.24. The number of hydrogen-bond donors (Lipinski definition) is 2. The lowest BCUT2D eigenvalue weighted by atomic mass is 10.3. The van der Waals surface area contributed by atoms with Crippen molar-refractivity contribution in [2.75, 3.05) is 18.5 Å². The molecule has 0 radical (unpaired) electrons. The molecule has 1 aromatic carbocycles. The van der Waals surface area contributed by atoms with E-state index in [1.165, 1.54) is 6.08 Å². The summed E-state index contributed by atoms with van der Waals surface area (Å²) in [5, 5.41) is 11.6. The van der Waals surface area contributed by atoms with Gasteiger partial charge in [-0.1, -0.05) is 18.2 Å². The highest BCUT2D eigenvalue weighted by atomic mass is 16.3. The number of aliphatic hydroxyl groups is 1. The predicted octanol–water partition coefficient (Wildman–Crippen LogP) is 0.343. The third-order valence-electron chi connectivity index (χ3n) is 2.39. The van der Waals surface area contributed by atoms with Gasteiger partial charge < -0.3 is 10.4 Å². The number of rotatable bonds is 4. The van der Waals surface area contributed by atoms with Gasteiger partial charge >= 0.3 is 0 Å². The van der Waals surface area contributed by atoms with Gasteiger partial charge in [0.25, 0.3) is 11.8 Å². The minimum Gasteiger partial charge on any atom is -0.395 e. The molecule has 0 unspecified atom stereocenters. The highest BCUT2D eigenvalue weighted by molar-refractivity contribution is 6.17. The molecule has 5 heteroatoms. The molecular weight excluding hydrogens is 220 g/mol. The molecule has 0 saturated heterocycles. The van der Waals surface area contributed by atoms with Crippen LogP contribution in [0, 0.1) is 0 Å². The van der Waals surface area contributed by atoms with Crippen molar-refractivity contribution in [3.63, 3.8) is 0 Å². The number of carbonyl (C=O) groups excluding carboxylic acids is 2. The lowest BCUT2D eigenvalue weighted by Crippen LogP contribution is -2.34. The van der Waals surface area contributed by atoms with Crippen molar-refractivity contribution < 1.29 is 14.7 Å². The Hall–Kier alpha value is -2.14. The Bertz CT molecular complexity index is 468. The van der Waals surface area contributed by atoms with E-state index in [9.17, 15) is 9.59 Å². The van der Waals surface area contributed by atoms with Crippen LogP contribution in [0.15, 0.2) is 42.1 Å². The number of amides is 2. The van der Waals surface area contributed by atoms with Crippen LogP contribution < -0.4 is 5.32 Å². The van der Waals surface area contributed by atoms with E-state index in [2.05, 4.69) is 5.32 Å². The van der Waals surface area contributed by atoms with Gasteiger partial charge in [0, 0.05) is 11.8 Å². The SMILES string of the molecule is O=C1C=C(Nc2ccccc2)C(=O)N1CCO. The smallest absolute Gasteiger partial charge is 0.277 e. The number of benzene rings is 1. The van der Waals surface area contributed by atoms with Crippen molar-refractivity contribution in [1.29, 1.82) is 0 Å². The van der Waals surface area contributed by atoms with Crippen molar-refractivity contribution in [2.24, 2.45) is 0 Å². The number of anilines is 1. The third-order valence-corrected chi connectivity index (χ3v) is 2.39. The number of β-amino-alcohol motifs (C(OH)–C–C–N with tert-alkyl or cyclic N) is 1. The number of hydrogen-bond acceptors (Lipinski definition) is 4. The number of carbonyl (C=O) groups is 2. The molecule has 1 heterocycles. The van der Waals surface area contributed by atoms with E-state index in [0.29, 0.717) is 0 Å².